The fourth-order valence-corrected chi connectivity index (χ4v) is 17.6. The van der Waals surface area contributed by atoms with Crippen molar-refractivity contribution in [2.24, 2.45) is 0 Å². The predicted molar refractivity (Wildman–Crippen MR) is 373 cm³/mol. The van der Waals surface area contributed by atoms with Gasteiger partial charge in [0.2, 0.25) is 0 Å². The Morgan fingerprint density at radius 3 is 1.67 bits per heavy atom. The average Bonchev–Trinajstić information content (AvgIpc) is 1.27. The van der Waals surface area contributed by atoms with Crippen molar-refractivity contribution in [2.45, 2.75) is 174 Å². The fourth-order valence-electron chi connectivity index (χ4n) is 16.4. The molecule has 2 aliphatic heterocycles. The molecule has 5 aliphatic rings. The van der Waals surface area contributed by atoms with Gasteiger partial charge < -0.3 is 14.6 Å². The molecule has 1 aromatic heterocycles. The summed E-state index contributed by atoms with van der Waals surface area (Å²) in [5, 5.41) is 2.77. The molecule has 0 radical (unpaired) electrons. The normalized spacial score (nSPS) is 17.6. The third-order valence-electron chi connectivity index (χ3n) is 21.7. The monoisotopic (exact) mass is 1140 g/mol. The van der Waals surface area contributed by atoms with Crippen LogP contribution in [0.25, 0.3) is 42.4 Å². The predicted octanol–water partition coefficient (Wildman–Crippen LogP) is 21.9. The number of fused-ring (bicyclic) bond motifs is 13. The highest BCUT2D eigenvalue weighted by Crippen LogP contribution is 2.60. The van der Waals surface area contributed by atoms with Crippen LogP contribution in [-0.4, -0.2) is 6.85 Å². The molecule has 10 aromatic rings. The van der Waals surface area contributed by atoms with Crippen LogP contribution in [0.2, 0.25) is 0 Å². The summed E-state index contributed by atoms with van der Waals surface area (Å²) in [5.74, 6) is 0. The van der Waals surface area contributed by atoms with E-state index in [-0.39, 0.29) is 33.9 Å². The van der Waals surface area contributed by atoms with Gasteiger partial charge in [0, 0.05) is 76.6 Å². The minimum atomic E-state index is -0.278. The van der Waals surface area contributed by atoms with Crippen LogP contribution in [0.5, 0.6) is 0 Å². The van der Waals surface area contributed by atoms with Crippen molar-refractivity contribution in [3.63, 3.8) is 0 Å². The number of hydrogen-bond acceptors (Lipinski definition) is 4. The van der Waals surface area contributed by atoms with Gasteiger partial charge in [-0.2, -0.15) is 0 Å². The first-order valence-electron chi connectivity index (χ1n) is 32.6. The summed E-state index contributed by atoms with van der Waals surface area (Å²) >= 11 is 2.00. The summed E-state index contributed by atoms with van der Waals surface area (Å²) in [5.41, 5.74) is 29.5. The second-order valence-corrected chi connectivity index (χ2v) is 30.6. The first kappa shape index (κ1) is 55.3. The molecule has 9 aromatic carbocycles. The molecule has 15 rings (SSSR count). The maximum absolute atomic E-state index is 2.83. The standard InChI is InChI=1S/C81H84BN3S/c1-13-15-22-51-28-32-54(33-29-51)83(53-24-18-17-19-25-53)56-37-39-68-70(45-56)84(55-34-30-52(31-35-55)23-16-14-2)71-48-61-58-26-20-21-27-63(58)81(11,12)75(61)74-62-46-59-60-47-66-67(80(9,10)43-42-79(66,7)8)49-72(60)86-73(59)50-69(62)85(82(68)76(71)74)57-36-38-64-65(44-57)78(5,6)41-40-77(64,3)4/h17-21,24-39,44-50H,13-16,22-23,40-43H2,1-12H3. The quantitative estimate of drug-likeness (QED) is 0.120. The van der Waals surface area contributed by atoms with E-state index in [4.69, 9.17) is 0 Å². The van der Waals surface area contributed by atoms with Crippen molar-refractivity contribution in [3.8, 4) is 22.3 Å². The molecule has 432 valence electrons. The lowest BCUT2D eigenvalue weighted by Crippen LogP contribution is -2.62. The molecule has 3 nitrogen and oxygen atoms in total. The molecular formula is C81H84BN3S. The van der Waals surface area contributed by atoms with Crippen LogP contribution in [0, 0.1) is 0 Å². The summed E-state index contributed by atoms with van der Waals surface area (Å²) in [6.45, 7) is 29.3. The van der Waals surface area contributed by atoms with Gasteiger partial charge in [0.05, 0.1) is 0 Å². The van der Waals surface area contributed by atoms with Gasteiger partial charge in [-0.1, -0.05) is 175 Å². The molecule has 86 heavy (non-hydrogen) atoms. The summed E-state index contributed by atoms with van der Waals surface area (Å²) in [4.78, 5) is 7.99. The number of aryl methyl sites for hydroxylation is 2. The third-order valence-corrected chi connectivity index (χ3v) is 22.8. The van der Waals surface area contributed by atoms with Crippen molar-refractivity contribution >= 4 is 94.8 Å². The van der Waals surface area contributed by atoms with E-state index in [1.165, 1.54) is 171 Å². The molecule has 0 saturated carbocycles. The lowest BCUT2D eigenvalue weighted by Gasteiger charge is -2.48. The van der Waals surface area contributed by atoms with Gasteiger partial charge in [0.25, 0.3) is 0 Å². The second-order valence-electron chi connectivity index (χ2n) is 29.5. The van der Waals surface area contributed by atoms with Gasteiger partial charge in [-0.3, -0.25) is 0 Å². The molecule has 0 fully saturated rings. The summed E-state index contributed by atoms with van der Waals surface area (Å²) in [6, 6.07) is 67.8. The van der Waals surface area contributed by atoms with Crippen LogP contribution in [0.4, 0.5) is 45.5 Å². The lowest BCUT2D eigenvalue weighted by molar-refractivity contribution is 0.332. The van der Waals surface area contributed by atoms with Gasteiger partial charge in [-0.05, 0) is 236 Å². The number of hydrogen-bond donors (Lipinski definition) is 0. The Kier molecular flexibility index (Phi) is 12.8. The van der Waals surface area contributed by atoms with Crippen LogP contribution < -0.4 is 25.5 Å². The van der Waals surface area contributed by atoms with Crippen molar-refractivity contribution in [2.75, 3.05) is 14.6 Å². The van der Waals surface area contributed by atoms with Crippen LogP contribution in [0.3, 0.4) is 0 Å². The molecule has 3 aliphatic carbocycles. The highest BCUT2D eigenvalue weighted by molar-refractivity contribution is 7.26. The summed E-state index contributed by atoms with van der Waals surface area (Å²) in [6.07, 6.45) is 11.6. The number of nitrogens with zero attached hydrogens (tertiary/aromatic N) is 3. The van der Waals surface area contributed by atoms with Gasteiger partial charge in [0.15, 0.2) is 0 Å². The molecular weight excluding hydrogens is 1060 g/mol. The maximum Gasteiger partial charge on any atom is 0.333 e. The first-order valence-corrected chi connectivity index (χ1v) is 33.4. The Hall–Kier alpha value is -7.34. The second kappa shape index (κ2) is 19.8. The van der Waals surface area contributed by atoms with Crippen molar-refractivity contribution in [1.29, 1.82) is 0 Å². The molecule has 0 bridgehead atoms. The van der Waals surface area contributed by atoms with E-state index in [1.807, 2.05) is 11.3 Å². The average molecular weight is 1140 g/mol. The number of para-hydroxylation sites is 1. The van der Waals surface area contributed by atoms with Crippen molar-refractivity contribution in [3.05, 3.63) is 214 Å². The SMILES string of the molecule is CCCCc1ccc(N(c2ccccc2)c2ccc3c(c2)N(c2ccc(CCCC)cc2)c2cc4c(c5c2B3N(c2ccc3c(c2)C(C)(C)CCC3(C)C)c2cc3sc6cc7c(cc6c3cc2-5)C(C)(C)CCC7(C)C)C(C)(C)c2ccccc2-4)cc1. The van der Waals surface area contributed by atoms with Crippen molar-refractivity contribution in [1.82, 2.24) is 0 Å². The first-order chi connectivity index (χ1) is 41.3. The van der Waals surface area contributed by atoms with E-state index in [0.29, 0.717) is 0 Å². The molecule has 0 spiro atoms. The van der Waals surface area contributed by atoms with Gasteiger partial charge in [-0.25, -0.2) is 0 Å². The Morgan fingerprint density at radius 2 is 1.00 bits per heavy atom. The van der Waals surface area contributed by atoms with Gasteiger partial charge >= 0.3 is 6.85 Å². The summed E-state index contributed by atoms with van der Waals surface area (Å²) < 4.78 is 2.75. The Labute approximate surface area is 517 Å². The van der Waals surface area contributed by atoms with E-state index in [2.05, 4.69) is 268 Å². The Balaban J connectivity index is 1.07. The molecule has 0 atom stereocenters. The largest absolute Gasteiger partial charge is 0.376 e. The molecule has 3 heterocycles. The lowest BCUT2D eigenvalue weighted by atomic mass is 9.42. The Bertz CT molecular complexity index is 4370. The number of rotatable bonds is 11. The molecule has 0 saturated heterocycles. The topological polar surface area (TPSA) is 9.72 Å². The third kappa shape index (κ3) is 8.47. The minimum absolute atomic E-state index is 0.0177. The van der Waals surface area contributed by atoms with E-state index < -0.39 is 0 Å². The number of anilines is 8. The molecule has 0 amide bonds. The zero-order valence-electron chi connectivity index (χ0n) is 53.1. The van der Waals surface area contributed by atoms with E-state index in [9.17, 15) is 0 Å². The fraction of sp³-hybridized carbons (Fsp3) is 0.333. The molecule has 5 heteroatoms. The van der Waals surface area contributed by atoms with E-state index in [0.717, 1.165) is 36.3 Å². The van der Waals surface area contributed by atoms with Crippen LogP contribution >= 0.6 is 11.3 Å². The van der Waals surface area contributed by atoms with Gasteiger partial charge in [-0.15, -0.1) is 11.3 Å². The number of unbranched alkanes of at least 4 members (excludes halogenated alkanes) is 2. The van der Waals surface area contributed by atoms with Gasteiger partial charge in [0.1, 0.15) is 0 Å². The zero-order valence-corrected chi connectivity index (χ0v) is 53.9. The zero-order chi connectivity index (χ0) is 59.4. The highest BCUT2D eigenvalue weighted by atomic mass is 32.1. The highest BCUT2D eigenvalue weighted by Gasteiger charge is 2.51. The number of benzene rings is 9. The van der Waals surface area contributed by atoms with E-state index in [1.54, 1.807) is 0 Å². The van der Waals surface area contributed by atoms with Crippen LogP contribution in [0.1, 0.15) is 179 Å². The number of thiophene rings is 1. The van der Waals surface area contributed by atoms with Crippen molar-refractivity contribution < 1.29 is 0 Å². The summed E-state index contributed by atoms with van der Waals surface area (Å²) in [7, 11) is 0. The minimum Gasteiger partial charge on any atom is -0.376 e. The van der Waals surface area contributed by atoms with E-state index >= 15 is 0 Å². The smallest absolute Gasteiger partial charge is 0.333 e. The molecule has 0 N–H and O–H groups in total. The Morgan fingerprint density at radius 1 is 0.442 bits per heavy atom. The van der Waals surface area contributed by atoms with Crippen LogP contribution in [0.15, 0.2) is 170 Å². The molecule has 0 unspecified atom stereocenters. The van der Waals surface area contributed by atoms with Crippen LogP contribution in [-0.2, 0) is 39.9 Å². The maximum atomic E-state index is 2.83.